The third-order valence-corrected chi connectivity index (χ3v) is 18.6. The van der Waals surface area contributed by atoms with Crippen LogP contribution in [0.4, 0.5) is 0 Å². The van der Waals surface area contributed by atoms with Crippen LogP contribution in [0.1, 0.15) is 115 Å². The van der Waals surface area contributed by atoms with Gasteiger partial charge in [-0.1, -0.05) is 58.1 Å². The molecule has 4 saturated carbocycles. The van der Waals surface area contributed by atoms with E-state index < -0.39 is 15.8 Å². The standard InChI is InChI=1S/C42H58N2O5S/c1-25(2)30-13-19-42(43-36(45)23-44-22-29-21-28(44)24-50(29,48)49)20-15-33-31(37(30)42)11-12-35-40(33,5)18-16-34-39(3,4)32(14-17-41(34,35)6)26-7-9-27(10-8-26)38(46)47/h7-10,14,28-31,33-35,37H,1,11-13,15-24H2,2-6H3,(H,43,45)(H,46,47)/t28?,29-,30-,31?,33?,34?,35?,37?,40-,41-,42-/m0/s1. The highest BCUT2D eigenvalue weighted by molar-refractivity contribution is 7.92. The van der Waals surface area contributed by atoms with E-state index in [4.69, 9.17) is 0 Å². The van der Waals surface area contributed by atoms with Crippen LogP contribution in [-0.2, 0) is 14.6 Å². The van der Waals surface area contributed by atoms with E-state index in [1.54, 1.807) is 12.1 Å². The first-order chi connectivity index (χ1) is 23.5. The van der Waals surface area contributed by atoms with Crippen LogP contribution in [0.2, 0.25) is 0 Å². The number of nitrogens with zero attached hydrogens (tertiary/aromatic N) is 1. The number of allylic oxidation sites excluding steroid dienone is 3. The van der Waals surface area contributed by atoms with E-state index >= 15 is 0 Å². The fourth-order valence-corrected chi connectivity index (χ4v) is 16.5. The molecule has 8 rings (SSSR count). The number of carbonyl (C=O) groups excluding carboxylic acids is 1. The van der Waals surface area contributed by atoms with Crippen LogP contribution in [0.15, 0.2) is 42.5 Å². The maximum absolute atomic E-state index is 13.8. The Morgan fingerprint density at radius 1 is 0.960 bits per heavy atom. The molecule has 7 nitrogen and oxygen atoms in total. The number of amides is 1. The van der Waals surface area contributed by atoms with Crippen molar-refractivity contribution < 1.29 is 23.1 Å². The van der Waals surface area contributed by atoms with Crippen molar-refractivity contribution in [3.63, 3.8) is 0 Å². The van der Waals surface area contributed by atoms with Crippen molar-refractivity contribution in [2.45, 2.75) is 116 Å². The lowest BCUT2D eigenvalue weighted by Gasteiger charge is -2.68. The summed E-state index contributed by atoms with van der Waals surface area (Å²) in [6.45, 7) is 17.6. The van der Waals surface area contributed by atoms with Crippen molar-refractivity contribution in [2.24, 2.45) is 51.8 Å². The molecule has 2 saturated heterocycles. The van der Waals surface area contributed by atoms with Crippen molar-refractivity contribution in [2.75, 3.05) is 18.8 Å². The van der Waals surface area contributed by atoms with Crippen molar-refractivity contribution in [1.82, 2.24) is 10.2 Å². The molecule has 0 aromatic heterocycles. The number of hydrogen-bond acceptors (Lipinski definition) is 5. The van der Waals surface area contributed by atoms with Gasteiger partial charge in [0.15, 0.2) is 9.84 Å². The molecule has 0 spiro atoms. The zero-order chi connectivity index (χ0) is 35.6. The lowest BCUT2D eigenvalue weighted by atomic mass is 9.36. The van der Waals surface area contributed by atoms with Gasteiger partial charge in [0.1, 0.15) is 0 Å². The second kappa shape index (κ2) is 11.5. The number of benzene rings is 1. The summed E-state index contributed by atoms with van der Waals surface area (Å²) in [5.74, 6) is 2.62. The Morgan fingerprint density at radius 3 is 2.32 bits per heavy atom. The Labute approximate surface area is 299 Å². The van der Waals surface area contributed by atoms with E-state index in [-0.39, 0.29) is 44.7 Å². The fraction of sp³-hybridized carbons (Fsp3) is 0.714. The van der Waals surface area contributed by atoms with Gasteiger partial charge in [0.2, 0.25) is 5.91 Å². The Balaban J connectivity index is 1.04. The fourth-order valence-electron chi connectivity index (χ4n) is 14.4. The monoisotopic (exact) mass is 702 g/mol. The van der Waals surface area contributed by atoms with Gasteiger partial charge in [-0.2, -0.15) is 0 Å². The van der Waals surface area contributed by atoms with Gasteiger partial charge in [0, 0.05) is 18.1 Å². The predicted octanol–water partition coefficient (Wildman–Crippen LogP) is 7.39. The van der Waals surface area contributed by atoms with E-state index in [2.05, 4.69) is 57.5 Å². The van der Waals surface area contributed by atoms with Crippen LogP contribution in [0.25, 0.3) is 5.57 Å². The highest BCUT2D eigenvalue weighted by Crippen LogP contribution is 2.73. The van der Waals surface area contributed by atoms with Crippen LogP contribution in [0.5, 0.6) is 0 Å². The molecule has 1 amide bonds. The quantitative estimate of drug-likeness (QED) is 0.300. The van der Waals surface area contributed by atoms with Gasteiger partial charge in [0.05, 0.1) is 23.1 Å². The first kappa shape index (κ1) is 34.6. The molecule has 1 aromatic carbocycles. The number of likely N-dealkylation sites (tertiary alicyclic amines) is 1. The molecule has 272 valence electrons. The number of sulfone groups is 1. The Bertz CT molecular complexity index is 1750. The van der Waals surface area contributed by atoms with E-state index in [1.807, 2.05) is 12.1 Å². The van der Waals surface area contributed by atoms with Crippen molar-refractivity contribution in [3.8, 4) is 0 Å². The van der Waals surface area contributed by atoms with E-state index in [9.17, 15) is 23.1 Å². The van der Waals surface area contributed by atoms with Crippen molar-refractivity contribution in [3.05, 3.63) is 53.6 Å². The smallest absolute Gasteiger partial charge is 0.335 e. The zero-order valence-electron chi connectivity index (χ0n) is 30.8. The van der Waals surface area contributed by atoms with Crippen LogP contribution in [-0.4, -0.2) is 66.0 Å². The number of aromatic carboxylic acids is 1. The number of rotatable bonds is 6. The maximum Gasteiger partial charge on any atom is 0.335 e. The number of nitrogens with one attached hydrogen (secondary N) is 1. The molecule has 8 heteroatoms. The molecule has 7 aliphatic rings. The first-order valence-corrected chi connectivity index (χ1v) is 21.2. The first-order valence-electron chi connectivity index (χ1n) is 19.5. The van der Waals surface area contributed by atoms with Crippen LogP contribution < -0.4 is 5.32 Å². The largest absolute Gasteiger partial charge is 0.478 e. The van der Waals surface area contributed by atoms with Crippen LogP contribution in [0.3, 0.4) is 0 Å². The average Bonchev–Trinajstić information content (AvgIpc) is 3.70. The molecule has 11 atom stereocenters. The predicted molar refractivity (Wildman–Crippen MR) is 197 cm³/mol. The van der Waals surface area contributed by atoms with Crippen LogP contribution >= 0.6 is 0 Å². The number of carboxylic acids is 1. The van der Waals surface area contributed by atoms with Gasteiger partial charge in [-0.15, -0.1) is 0 Å². The highest BCUT2D eigenvalue weighted by Gasteiger charge is 2.67. The van der Waals surface area contributed by atoms with Crippen molar-refractivity contribution >= 4 is 27.3 Å². The van der Waals surface area contributed by atoms with Gasteiger partial charge in [-0.3, -0.25) is 9.69 Å². The number of hydrogen-bond donors (Lipinski definition) is 2. The summed E-state index contributed by atoms with van der Waals surface area (Å²) < 4.78 is 24.7. The zero-order valence-corrected chi connectivity index (χ0v) is 31.7. The summed E-state index contributed by atoms with van der Waals surface area (Å²) in [6, 6.07) is 7.49. The van der Waals surface area contributed by atoms with Gasteiger partial charge < -0.3 is 10.4 Å². The second-order valence-electron chi connectivity index (χ2n) is 19.0. The molecule has 2 aliphatic heterocycles. The molecular formula is C42H58N2O5S. The summed E-state index contributed by atoms with van der Waals surface area (Å²) in [6.07, 6.45) is 13.4. The van der Waals surface area contributed by atoms with E-state index in [0.717, 1.165) is 37.7 Å². The summed E-state index contributed by atoms with van der Waals surface area (Å²) in [4.78, 5) is 27.5. The summed E-state index contributed by atoms with van der Waals surface area (Å²) in [5, 5.41) is 12.9. The number of carboxylic acid groups (broad SMARTS) is 1. The minimum absolute atomic E-state index is 0.00794. The summed E-state index contributed by atoms with van der Waals surface area (Å²) >= 11 is 0. The van der Waals surface area contributed by atoms with Gasteiger partial charge >= 0.3 is 5.97 Å². The maximum atomic E-state index is 13.8. The van der Waals surface area contributed by atoms with Gasteiger partial charge in [-0.05, 0) is 146 Å². The average molecular weight is 703 g/mol. The molecule has 2 heterocycles. The van der Waals surface area contributed by atoms with E-state index in [0.29, 0.717) is 60.6 Å². The molecule has 2 bridgehead atoms. The highest BCUT2D eigenvalue weighted by atomic mass is 32.2. The number of carbonyl (C=O) groups is 2. The van der Waals surface area contributed by atoms with E-state index in [1.165, 1.54) is 36.8 Å². The molecule has 50 heavy (non-hydrogen) atoms. The molecule has 1 aromatic rings. The molecule has 6 unspecified atom stereocenters. The van der Waals surface area contributed by atoms with Gasteiger partial charge in [0.25, 0.3) is 0 Å². The third kappa shape index (κ3) is 4.99. The third-order valence-electron chi connectivity index (χ3n) is 16.4. The SMILES string of the molecule is C=C(C)[C@@H]1CC[C@]2(NC(=O)CN3C[C@@H]4CC3CS4(=O)=O)CCC3C(CCC4[C@@]3(C)CCC3C(C)(C)C(c5ccc(C(=O)O)cc5)=CC[C@@]34C)C12. The minimum Gasteiger partial charge on any atom is -0.478 e. The molecule has 2 N–H and O–H groups in total. The lowest BCUT2D eigenvalue weighted by Crippen LogP contribution is -2.65. The summed E-state index contributed by atoms with van der Waals surface area (Å²) in [7, 11) is -2.99. The summed E-state index contributed by atoms with van der Waals surface area (Å²) in [5.41, 5.74) is 4.35. The molecule has 0 radical (unpaired) electrons. The minimum atomic E-state index is -2.99. The Morgan fingerprint density at radius 2 is 1.68 bits per heavy atom. The number of fused-ring (bicyclic) bond motifs is 9. The topological polar surface area (TPSA) is 104 Å². The Kier molecular flexibility index (Phi) is 7.98. The lowest BCUT2D eigenvalue weighted by molar-refractivity contribution is -0.175. The molecular weight excluding hydrogens is 645 g/mol. The van der Waals surface area contributed by atoms with Crippen LogP contribution in [0, 0.1) is 51.8 Å². The normalized spacial score (nSPS) is 43.9. The second-order valence-corrected chi connectivity index (χ2v) is 21.3. The Hall–Kier alpha value is -2.45. The molecule has 6 fully saturated rings. The van der Waals surface area contributed by atoms with Gasteiger partial charge in [-0.25, -0.2) is 13.2 Å². The molecule has 5 aliphatic carbocycles. The van der Waals surface area contributed by atoms with Crippen molar-refractivity contribution in [1.29, 1.82) is 0 Å².